The Morgan fingerprint density at radius 1 is 1.05 bits per heavy atom. The third-order valence-corrected chi connectivity index (χ3v) is 3.64. The Morgan fingerprint density at radius 2 is 1.79 bits per heavy atom. The van der Waals surface area contributed by atoms with Crippen LogP contribution in [-0.2, 0) is 0 Å². The molecule has 0 radical (unpaired) electrons. The number of nitrogens with two attached hydrogens (primary N) is 1. The summed E-state index contributed by atoms with van der Waals surface area (Å²) in [7, 11) is 0. The highest BCUT2D eigenvalue weighted by Gasteiger charge is 2.21. The highest BCUT2D eigenvalue weighted by Crippen LogP contribution is 2.29. The van der Waals surface area contributed by atoms with Crippen LogP contribution >= 0.6 is 0 Å². The molecule has 5 nitrogen and oxygen atoms in total. The Bertz CT molecular complexity index is 535. The molecule has 0 spiro atoms. The van der Waals surface area contributed by atoms with Crippen LogP contribution in [0.1, 0.15) is 24.3 Å². The van der Waals surface area contributed by atoms with E-state index in [1.807, 2.05) is 12.4 Å². The maximum Gasteiger partial charge on any atom is 0.149 e. The van der Waals surface area contributed by atoms with E-state index in [-0.39, 0.29) is 0 Å². The summed E-state index contributed by atoms with van der Waals surface area (Å²) in [5.41, 5.74) is 7.06. The Balaban J connectivity index is 1.67. The normalized spacial score (nSPS) is 16.5. The van der Waals surface area contributed by atoms with Gasteiger partial charge in [0.05, 0.1) is 12.4 Å². The molecule has 0 aromatic carbocycles. The predicted octanol–water partition coefficient (Wildman–Crippen LogP) is 1.84. The van der Waals surface area contributed by atoms with E-state index < -0.39 is 0 Å². The predicted molar refractivity (Wildman–Crippen MR) is 74.9 cm³/mol. The van der Waals surface area contributed by atoms with Crippen LogP contribution in [-0.4, -0.2) is 28.0 Å². The van der Waals surface area contributed by atoms with Crippen molar-refractivity contribution in [2.75, 3.05) is 23.7 Å². The van der Waals surface area contributed by atoms with E-state index in [9.17, 15) is 0 Å². The Morgan fingerprint density at radius 3 is 2.47 bits per heavy atom. The van der Waals surface area contributed by atoms with Crippen LogP contribution in [0.5, 0.6) is 0 Å². The summed E-state index contributed by atoms with van der Waals surface area (Å²) >= 11 is 0. The number of nitrogens with zero attached hydrogens (tertiary/aromatic N) is 4. The van der Waals surface area contributed by atoms with E-state index in [1.54, 1.807) is 12.4 Å². The van der Waals surface area contributed by atoms with Gasteiger partial charge < -0.3 is 10.6 Å². The molecule has 0 saturated carbocycles. The second-order valence-electron chi connectivity index (χ2n) is 4.84. The van der Waals surface area contributed by atoms with Crippen LogP contribution in [0.15, 0.2) is 36.9 Å². The van der Waals surface area contributed by atoms with Crippen LogP contribution in [0.4, 0.5) is 11.6 Å². The zero-order chi connectivity index (χ0) is 13.1. The zero-order valence-electron chi connectivity index (χ0n) is 10.7. The van der Waals surface area contributed by atoms with Gasteiger partial charge in [0, 0.05) is 25.5 Å². The summed E-state index contributed by atoms with van der Waals surface area (Å²) in [6.45, 7) is 1.98. The van der Waals surface area contributed by atoms with Crippen molar-refractivity contribution in [2.45, 2.75) is 18.8 Å². The Labute approximate surface area is 112 Å². The highest BCUT2D eigenvalue weighted by atomic mass is 15.2. The number of hydrogen-bond donors (Lipinski definition) is 1. The third-order valence-electron chi connectivity index (χ3n) is 3.64. The molecule has 0 atom stereocenters. The second-order valence-corrected chi connectivity index (χ2v) is 4.84. The van der Waals surface area contributed by atoms with Crippen molar-refractivity contribution in [3.05, 3.63) is 42.5 Å². The quantitative estimate of drug-likeness (QED) is 0.886. The number of aromatic nitrogens is 3. The van der Waals surface area contributed by atoms with Crippen molar-refractivity contribution in [1.82, 2.24) is 15.0 Å². The maximum absolute atomic E-state index is 5.68. The highest BCUT2D eigenvalue weighted by molar-refractivity contribution is 5.42. The van der Waals surface area contributed by atoms with Crippen LogP contribution in [0, 0.1) is 0 Å². The zero-order valence-corrected chi connectivity index (χ0v) is 10.7. The van der Waals surface area contributed by atoms with E-state index in [0.29, 0.717) is 11.7 Å². The van der Waals surface area contributed by atoms with Crippen molar-refractivity contribution in [1.29, 1.82) is 0 Å². The molecule has 1 fully saturated rings. The first kappa shape index (κ1) is 11.9. The largest absolute Gasteiger partial charge is 0.382 e. The maximum atomic E-state index is 5.68. The van der Waals surface area contributed by atoms with Crippen molar-refractivity contribution < 1.29 is 0 Å². The van der Waals surface area contributed by atoms with E-state index in [2.05, 4.69) is 32.0 Å². The smallest absolute Gasteiger partial charge is 0.149 e. The van der Waals surface area contributed by atoms with E-state index in [4.69, 9.17) is 5.73 Å². The second kappa shape index (κ2) is 5.22. The van der Waals surface area contributed by atoms with Gasteiger partial charge in [-0.3, -0.25) is 9.97 Å². The standard InChI is InChI=1S/C14H17N5/c15-13-9-17-10-14(18-13)19-7-3-12(4-8-19)11-1-5-16-6-2-11/h1-2,5-6,9-10,12H,3-4,7-8H2,(H2,15,18). The summed E-state index contributed by atoms with van der Waals surface area (Å²) < 4.78 is 0. The molecule has 2 aromatic rings. The molecule has 98 valence electrons. The minimum absolute atomic E-state index is 0.480. The van der Waals surface area contributed by atoms with Gasteiger partial charge in [0.2, 0.25) is 0 Å². The molecule has 1 aliphatic rings. The van der Waals surface area contributed by atoms with Gasteiger partial charge in [0.15, 0.2) is 0 Å². The first-order chi connectivity index (χ1) is 9.33. The third kappa shape index (κ3) is 2.65. The summed E-state index contributed by atoms with van der Waals surface area (Å²) in [5.74, 6) is 1.98. The number of rotatable bonds is 2. The van der Waals surface area contributed by atoms with Gasteiger partial charge in [-0.05, 0) is 36.5 Å². The lowest BCUT2D eigenvalue weighted by atomic mass is 9.90. The molecule has 19 heavy (non-hydrogen) atoms. The molecule has 2 N–H and O–H groups in total. The van der Waals surface area contributed by atoms with E-state index >= 15 is 0 Å². The molecular formula is C14H17N5. The SMILES string of the molecule is Nc1cncc(N2CCC(c3ccncc3)CC2)n1. The molecule has 5 heteroatoms. The Kier molecular flexibility index (Phi) is 3.27. The van der Waals surface area contributed by atoms with Crippen LogP contribution in [0.3, 0.4) is 0 Å². The van der Waals surface area contributed by atoms with Gasteiger partial charge in [0.25, 0.3) is 0 Å². The number of piperidine rings is 1. The number of nitrogen functional groups attached to an aromatic ring is 1. The minimum Gasteiger partial charge on any atom is -0.382 e. The van der Waals surface area contributed by atoms with Crippen LogP contribution in [0.25, 0.3) is 0 Å². The summed E-state index contributed by atoms with van der Waals surface area (Å²) in [4.78, 5) is 14.7. The van der Waals surface area contributed by atoms with E-state index in [0.717, 1.165) is 31.7 Å². The fourth-order valence-electron chi connectivity index (χ4n) is 2.60. The van der Waals surface area contributed by atoms with Gasteiger partial charge in [-0.15, -0.1) is 0 Å². The molecule has 0 bridgehead atoms. The molecule has 0 aliphatic carbocycles. The fraction of sp³-hybridized carbons (Fsp3) is 0.357. The summed E-state index contributed by atoms with van der Waals surface area (Å²) in [5, 5.41) is 0. The molecule has 1 aliphatic heterocycles. The van der Waals surface area contributed by atoms with Crippen LogP contribution in [0.2, 0.25) is 0 Å². The molecule has 2 aromatic heterocycles. The average Bonchev–Trinajstić information content (AvgIpc) is 2.48. The Hall–Kier alpha value is -2.17. The summed E-state index contributed by atoms with van der Waals surface area (Å²) in [6.07, 6.45) is 9.34. The van der Waals surface area contributed by atoms with Crippen molar-refractivity contribution in [3.63, 3.8) is 0 Å². The number of pyridine rings is 1. The first-order valence-electron chi connectivity index (χ1n) is 6.55. The fourth-order valence-corrected chi connectivity index (χ4v) is 2.60. The number of anilines is 2. The minimum atomic E-state index is 0.480. The first-order valence-corrected chi connectivity index (χ1v) is 6.55. The topological polar surface area (TPSA) is 67.9 Å². The molecular weight excluding hydrogens is 238 g/mol. The van der Waals surface area contributed by atoms with Crippen molar-refractivity contribution >= 4 is 11.6 Å². The van der Waals surface area contributed by atoms with Gasteiger partial charge in [-0.25, -0.2) is 4.98 Å². The monoisotopic (exact) mass is 255 g/mol. The van der Waals surface area contributed by atoms with Gasteiger partial charge in [-0.2, -0.15) is 0 Å². The lowest BCUT2D eigenvalue weighted by molar-refractivity contribution is 0.502. The van der Waals surface area contributed by atoms with Gasteiger partial charge in [0.1, 0.15) is 11.6 Å². The van der Waals surface area contributed by atoms with Crippen molar-refractivity contribution in [3.8, 4) is 0 Å². The van der Waals surface area contributed by atoms with Crippen LogP contribution < -0.4 is 10.6 Å². The molecule has 1 saturated heterocycles. The lowest BCUT2D eigenvalue weighted by Crippen LogP contribution is -2.33. The lowest BCUT2D eigenvalue weighted by Gasteiger charge is -2.32. The van der Waals surface area contributed by atoms with Crippen molar-refractivity contribution in [2.24, 2.45) is 0 Å². The average molecular weight is 255 g/mol. The van der Waals surface area contributed by atoms with E-state index in [1.165, 1.54) is 5.56 Å². The molecule has 0 unspecified atom stereocenters. The molecule has 3 heterocycles. The number of hydrogen-bond acceptors (Lipinski definition) is 5. The summed E-state index contributed by atoms with van der Waals surface area (Å²) in [6, 6.07) is 4.22. The molecule has 3 rings (SSSR count). The van der Waals surface area contributed by atoms with Gasteiger partial charge >= 0.3 is 0 Å². The molecule has 0 amide bonds. The van der Waals surface area contributed by atoms with Gasteiger partial charge in [-0.1, -0.05) is 0 Å².